The van der Waals surface area contributed by atoms with Crippen molar-refractivity contribution in [2.24, 2.45) is 17.3 Å². The molecule has 5 nitrogen and oxygen atoms in total. The molecule has 1 aliphatic carbocycles. The van der Waals surface area contributed by atoms with E-state index in [9.17, 15) is 9.59 Å². The minimum Gasteiger partial charge on any atom is -0.352 e. The molecule has 2 amide bonds. The quantitative estimate of drug-likeness (QED) is 0.744. The van der Waals surface area contributed by atoms with E-state index in [1.54, 1.807) is 0 Å². The van der Waals surface area contributed by atoms with Gasteiger partial charge in [0.2, 0.25) is 11.8 Å². The first kappa shape index (κ1) is 17.9. The van der Waals surface area contributed by atoms with Crippen molar-refractivity contribution >= 4 is 17.5 Å². The molecule has 1 aliphatic heterocycles. The van der Waals surface area contributed by atoms with Gasteiger partial charge in [0.1, 0.15) is 0 Å². The molecule has 1 aromatic carbocycles. The summed E-state index contributed by atoms with van der Waals surface area (Å²) in [6.45, 7) is 6.62. The first-order valence-electron chi connectivity index (χ1n) is 9.36. The van der Waals surface area contributed by atoms with Gasteiger partial charge < -0.3 is 16.0 Å². The lowest BCUT2D eigenvalue weighted by atomic mass is 9.92. The summed E-state index contributed by atoms with van der Waals surface area (Å²) in [7, 11) is 0. The van der Waals surface area contributed by atoms with E-state index in [1.165, 1.54) is 0 Å². The molecule has 1 aromatic rings. The van der Waals surface area contributed by atoms with Gasteiger partial charge in [0.25, 0.3) is 0 Å². The largest absolute Gasteiger partial charge is 0.352 e. The van der Waals surface area contributed by atoms with Gasteiger partial charge in [-0.2, -0.15) is 0 Å². The summed E-state index contributed by atoms with van der Waals surface area (Å²) in [5.74, 6) is 0.727. The van der Waals surface area contributed by atoms with Gasteiger partial charge in [-0.25, -0.2) is 0 Å². The molecular formula is C20H29N3O2. The predicted molar refractivity (Wildman–Crippen MR) is 99.0 cm³/mol. The van der Waals surface area contributed by atoms with Crippen LogP contribution in [0.3, 0.4) is 0 Å². The molecule has 5 heteroatoms. The van der Waals surface area contributed by atoms with E-state index in [4.69, 9.17) is 0 Å². The van der Waals surface area contributed by atoms with Crippen LogP contribution in [0.2, 0.25) is 0 Å². The van der Waals surface area contributed by atoms with E-state index in [2.05, 4.69) is 16.0 Å². The fourth-order valence-corrected chi connectivity index (χ4v) is 3.85. The number of nitrogens with one attached hydrogen (secondary N) is 3. The number of benzene rings is 1. The number of piperidine rings is 1. The van der Waals surface area contributed by atoms with Crippen molar-refractivity contribution in [3.8, 4) is 0 Å². The summed E-state index contributed by atoms with van der Waals surface area (Å²) in [5, 5.41) is 9.36. The molecule has 3 rings (SSSR count). The van der Waals surface area contributed by atoms with Crippen LogP contribution in [0, 0.1) is 17.3 Å². The van der Waals surface area contributed by atoms with Crippen molar-refractivity contribution in [3.05, 3.63) is 29.8 Å². The average Bonchev–Trinajstić information content (AvgIpc) is 3.26. The van der Waals surface area contributed by atoms with Crippen LogP contribution in [-0.4, -0.2) is 24.9 Å². The van der Waals surface area contributed by atoms with Crippen molar-refractivity contribution in [2.75, 3.05) is 18.4 Å². The molecule has 0 bridgehead atoms. The van der Waals surface area contributed by atoms with Crippen molar-refractivity contribution in [3.63, 3.8) is 0 Å². The smallest absolute Gasteiger partial charge is 0.224 e. The number of hydrogen-bond acceptors (Lipinski definition) is 3. The normalized spacial score (nSPS) is 21.2. The maximum Gasteiger partial charge on any atom is 0.224 e. The van der Waals surface area contributed by atoms with Gasteiger partial charge in [0.05, 0.1) is 0 Å². The highest BCUT2D eigenvalue weighted by atomic mass is 16.2. The number of anilines is 1. The summed E-state index contributed by atoms with van der Waals surface area (Å²) >= 11 is 0. The molecule has 1 heterocycles. The molecule has 0 aromatic heterocycles. The molecular weight excluding hydrogens is 314 g/mol. The Morgan fingerprint density at radius 1 is 1.28 bits per heavy atom. The van der Waals surface area contributed by atoms with Crippen molar-refractivity contribution in [1.29, 1.82) is 0 Å². The Balaban J connectivity index is 1.49. The Bertz CT molecular complexity index is 636. The van der Waals surface area contributed by atoms with Gasteiger partial charge in [0.15, 0.2) is 0 Å². The van der Waals surface area contributed by atoms with Gasteiger partial charge in [-0.1, -0.05) is 26.0 Å². The zero-order valence-electron chi connectivity index (χ0n) is 15.2. The van der Waals surface area contributed by atoms with Crippen LogP contribution in [0.4, 0.5) is 5.69 Å². The fourth-order valence-electron chi connectivity index (χ4n) is 3.85. The monoisotopic (exact) mass is 343 g/mol. The fraction of sp³-hybridized carbons (Fsp3) is 0.600. The lowest BCUT2D eigenvalue weighted by molar-refractivity contribution is -0.123. The number of hydrogen-bond donors (Lipinski definition) is 3. The van der Waals surface area contributed by atoms with Crippen LogP contribution in [0.15, 0.2) is 24.3 Å². The second-order valence-electron chi connectivity index (χ2n) is 7.93. The number of carbonyl (C=O) groups excluding carboxylic acids is 2. The topological polar surface area (TPSA) is 70.2 Å². The summed E-state index contributed by atoms with van der Waals surface area (Å²) in [5.41, 5.74) is 2.07. The standard InChI is InChI=1S/C20H29N3O2/c1-14(2)10-18(24)23-16-5-3-4-15(11-16)13-22-19(25)17-12-20(17)6-8-21-9-7-20/h3-5,11,14,17,21H,6-10,12-13H2,1-2H3,(H,22,25)(H,23,24). The third-order valence-corrected chi connectivity index (χ3v) is 5.38. The first-order chi connectivity index (χ1) is 12.0. The molecule has 2 fully saturated rings. The van der Waals surface area contributed by atoms with Gasteiger partial charge in [-0.15, -0.1) is 0 Å². The van der Waals surface area contributed by atoms with Crippen LogP contribution in [0.1, 0.15) is 45.1 Å². The van der Waals surface area contributed by atoms with Crippen LogP contribution in [0.5, 0.6) is 0 Å². The van der Waals surface area contributed by atoms with Crippen molar-refractivity contribution in [2.45, 2.75) is 46.1 Å². The minimum atomic E-state index is 0.0296. The third-order valence-electron chi connectivity index (χ3n) is 5.38. The summed E-state index contributed by atoms with van der Waals surface area (Å²) in [6, 6.07) is 7.71. The predicted octanol–water partition coefficient (Wildman–Crippen LogP) is 2.68. The molecule has 136 valence electrons. The number of rotatable bonds is 6. The Labute approximate surface area is 150 Å². The highest BCUT2D eigenvalue weighted by molar-refractivity contribution is 5.90. The van der Waals surface area contributed by atoms with Gasteiger partial charge >= 0.3 is 0 Å². The lowest BCUT2D eigenvalue weighted by Gasteiger charge is -2.23. The number of carbonyl (C=O) groups is 2. The number of amides is 2. The highest BCUT2D eigenvalue weighted by Crippen LogP contribution is 2.58. The first-order valence-corrected chi connectivity index (χ1v) is 9.36. The summed E-state index contributed by atoms with van der Waals surface area (Å²) in [6.07, 6.45) is 3.77. The maximum absolute atomic E-state index is 12.4. The molecule has 1 spiro atoms. The zero-order valence-corrected chi connectivity index (χ0v) is 15.2. The van der Waals surface area contributed by atoms with E-state index < -0.39 is 0 Å². The third kappa shape index (κ3) is 4.60. The highest BCUT2D eigenvalue weighted by Gasteiger charge is 2.57. The Hall–Kier alpha value is -1.88. The van der Waals surface area contributed by atoms with Crippen molar-refractivity contribution in [1.82, 2.24) is 10.6 Å². The molecule has 2 aliphatic rings. The van der Waals surface area contributed by atoms with Crippen LogP contribution < -0.4 is 16.0 Å². The van der Waals surface area contributed by atoms with Gasteiger partial charge in [-0.3, -0.25) is 9.59 Å². The van der Waals surface area contributed by atoms with Crippen LogP contribution in [-0.2, 0) is 16.1 Å². The average molecular weight is 343 g/mol. The van der Waals surface area contributed by atoms with Crippen molar-refractivity contribution < 1.29 is 9.59 Å². The molecule has 1 unspecified atom stereocenters. The van der Waals surface area contributed by atoms with Crippen LogP contribution >= 0.6 is 0 Å². The Morgan fingerprint density at radius 2 is 2.04 bits per heavy atom. The molecule has 1 saturated heterocycles. The lowest BCUT2D eigenvalue weighted by Crippen LogP contribution is -2.33. The zero-order chi connectivity index (χ0) is 17.9. The van der Waals surface area contributed by atoms with Gasteiger partial charge in [-0.05, 0) is 61.4 Å². The van der Waals surface area contributed by atoms with E-state index in [-0.39, 0.29) is 23.1 Å². The van der Waals surface area contributed by atoms with E-state index in [1.807, 2.05) is 38.1 Å². The van der Waals surface area contributed by atoms with Crippen LogP contribution in [0.25, 0.3) is 0 Å². The van der Waals surface area contributed by atoms with E-state index in [0.717, 1.165) is 43.6 Å². The van der Waals surface area contributed by atoms with Gasteiger partial charge in [0, 0.05) is 24.6 Å². The second kappa shape index (κ2) is 7.56. The Kier molecular flexibility index (Phi) is 5.42. The molecule has 3 N–H and O–H groups in total. The minimum absolute atomic E-state index is 0.0296. The summed E-state index contributed by atoms with van der Waals surface area (Å²) in [4.78, 5) is 24.3. The second-order valence-corrected chi connectivity index (χ2v) is 7.93. The molecule has 1 atom stereocenters. The maximum atomic E-state index is 12.4. The molecule has 25 heavy (non-hydrogen) atoms. The van der Waals surface area contributed by atoms with E-state index in [0.29, 0.717) is 18.9 Å². The SMILES string of the molecule is CC(C)CC(=O)Nc1cccc(CNC(=O)C2CC23CCNCC3)c1. The van der Waals surface area contributed by atoms with E-state index >= 15 is 0 Å². The summed E-state index contributed by atoms with van der Waals surface area (Å²) < 4.78 is 0. The molecule has 0 radical (unpaired) electrons. The molecule has 1 saturated carbocycles. The Morgan fingerprint density at radius 3 is 2.76 bits per heavy atom.